The molecular formula is C46H59F2N11O10. The molecule has 372 valence electrons. The molecule has 0 saturated carbocycles. The Hall–Kier alpha value is -6.45. The Balaban J connectivity index is 0.970. The van der Waals surface area contributed by atoms with Crippen molar-refractivity contribution in [3.8, 4) is 6.07 Å². The number of nitrogens with zero attached hydrogens (tertiary/aromatic N) is 10. The Morgan fingerprint density at radius 3 is 1.87 bits per heavy atom. The van der Waals surface area contributed by atoms with Crippen LogP contribution in [0, 0.1) is 11.3 Å². The number of likely N-dealkylation sites (tertiary alicyclic amines) is 1. The summed E-state index contributed by atoms with van der Waals surface area (Å²) in [5, 5.41) is 40.1. The highest BCUT2D eigenvalue weighted by Crippen LogP contribution is 2.31. The van der Waals surface area contributed by atoms with Gasteiger partial charge in [0, 0.05) is 134 Å². The number of carbonyl (C=O) groups excluding carboxylic acids is 4. The number of carboxylic acids is 3. The van der Waals surface area contributed by atoms with Gasteiger partial charge in [0.05, 0.1) is 45.3 Å². The zero-order chi connectivity index (χ0) is 49.7. The summed E-state index contributed by atoms with van der Waals surface area (Å²) in [7, 11) is 0. The number of nitrogens with one attached hydrogen (secondary N) is 1. The molecule has 4 N–H and O–H groups in total. The summed E-state index contributed by atoms with van der Waals surface area (Å²) in [5.41, 5.74) is 2.88. The summed E-state index contributed by atoms with van der Waals surface area (Å²) < 4.78 is 27.7. The Bertz CT molecular complexity index is 2260. The van der Waals surface area contributed by atoms with E-state index < -0.39 is 61.2 Å². The van der Waals surface area contributed by atoms with Crippen LogP contribution in [0.3, 0.4) is 0 Å². The first-order valence-electron chi connectivity index (χ1n) is 22.9. The number of aromatic nitrogens is 1. The lowest BCUT2D eigenvalue weighted by Crippen LogP contribution is -2.54. The number of piperazine rings is 1. The summed E-state index contributed by atoms with van der Waals surface area (Å²) in [5.74, 6) is -7.85. The number of halogens is 2. The van der Waals surface area contributed by atoms with Gasteiger partial charge in [-0.2, -0.15) is 5.26 Å². The number of benzene rings is 1. The van der Waals surface area contributed by atoms with E-state index in [4.69, 9.17) is 0 Å². The van der Waals surface area contributed by atoms with Crippen molar-refractivity contribution in [1.82, 2.24) is 49.5 Å². The Kier molecular flexibility index (Phi) is 18.2. The number of rotatable bonds is 16. The third kappa shape index (κ3) is 15.3. The second-order valence-corrected chi connectivity index (χ2v) is 17.7. The zero-order valence-corrected chi connectivity index (χ0v) is 38.4. The van der Waals surface area contributed by atoms with Crippen LogP contribution in [0.5, 0.6) is 0 Å². The van der Waals surface area contributed by atoms with E-state index in [9.17, 15) is 62.9 Å². The highest BCUT2D eigenvalue weighted by Gasteiger charge is 2.47. The van der Waals surface area contributed by atoms with E-state index in [0.29, 0.717) is 89.5 Å². The largest absolute Gasteiger partial charge is 0.480 e. The number of fused-ring (bicyclic) bond motifs is 1. The van der Waals surface area contributed by atoms with Crippen LogP contribution in [-0.2, 0) is 30.4 Å². The Morgan fingerprint density at radius 2 is 1.30 bits per heavy atom. The number of aliphatic carboxylic acids is 3. The summed E-state index contributed by atoms with van der Waals surface area (Å²) in [6, 6.07) is 7.39. The second-order valence-electron chi connectivity index (χ2n) is 17.7. The molecule has 4 amide bonds. The van der Waals surface area contributed by atoms with Crippen LogP contribution in [-0.4, -0.2) is 250 Å². The molecule has 69 heavy (non-hydrogen) atoms. The molecule has 6 rings (SSSR count). The monoisotopic (exact) mass is 963 g/mol. The number of hydrogen-bond donors (Lipinski definition) is 4. The summed E-state index contributed by atoms with van der Waals surface area (Å²) in [6.45, 7) is 4.12. The van der Waals surface area contributed by atoms with Crippen molar-refractivity contribution >= 4 is 53.7 Å². The van der Waals surface area contributed by atoms with Gasteiger partial charge in [-0.3, -0.25) is 63.0 Å². The van der Waals surface area contributed by atoms with Crippen molar-refractivity contribution in [1.29, 1.82) is 5.26 Å². The Labute approximate surface area is 398 Å². The molecule has 3 fully saturated rings. The molecule has 1 atom stereocenters. The minimum absolute atomic E-state index is 0.0665. The highest BCUT2D eigenvalue weighted by molar-refractivity contribution is 6.00. The van der Waals surface area contributed by atoms with Crippen molar-refractivity contribution < 1.29 is 57.7 Å². The first-order valence-corrected chi connectivity index (χ1v) is 22.9. The van der Waals surface area contributed by atoms with Gasteiger partial charge in [-0.25, -0.2) is 8.78 Å². The van der Waals surface area contributed by atoms with Crippen molar-refractivity contribution in [3.05, 3.63) is 64.5 Å². The van der Waals surface area contributed by atoms with Crippen LogP contribution in [0.2, 0.25) is 0 Å². The van der Waals surface area contributed by atoms with Crippen LogP contribution in [0.25, 0.3) is 12.2 Å². The van der Waals surface area contributed by atoms with E-state index in [-0.39, 0.29) is 69.7 Å². The number of carboxylic acid groups (broad SMARTS) is 3. The molecule has 1 aromatic heterocycles. The first kappa shape index (κ1) is 51.9. The molecule has 3 saturated heterocycles. The fraction of sp³-hybridized carbons (Fsp3) is 0.543. The third-order valence-corrected chi connectivity index (χ3v) is 12.8. The smallest absolute Gasteiger partial charge is 0.317 e. The fourth-order valence-electron chi connectivity index (χ4n) is 8.91. The molecule has 5 heterocycles. The van der Waals surface area contributed by atoms with Gasteiger partial charge >= 0.3 is 17.9 Å². The summed E-state index contributed by atoms with van der Waals surface area (Å²) in [4.78, 5) is 105. The topological polar surface area (TPSA) is 255 Å². The van der Waals surface area contributed by atoms with Crippen LogP contribution >= 0.6 is 0 Å². The fourth-order valence-corrected chi connectivity index (χ4v) is 8.91. The minimum Gasteiger partial charge on any atom is -0.480 e. The molecule has 4 aliphatic heterocycles. The number of pyridine rings is 1. The van der Waals surface area contributed by atoms with Crippen LogP contribution in [0.15, 0.2) is 36.7 Å². The zero-order valence-electron chi connectivity index (χ0n) is 38.4. The number of alkyl halides is 2. The van der Waals surface area contributed by atoms with E-state index in [1.807, 2.05) is 15.9 Å². The molecule has 1 aromatic carbocycles. The molecule has 2 aromatic rings. The standard InChI is InChI=1S/C46H59F2N11O10/c47-46(48)24-36(25-49)59(32-46)39(60)27-51-44(68)37-5-7-50-26-35(37)3-1-33-2-4-38-34(23-33)6-8-58(45(38)69)22-19-52-17-20-57(21-18-52)40(61)28-53-9-11-54(29-41(62)63)13-15-56(31-43(66)67)16-14-55(12-10-53)30-42(64)65/h1-5,7,23,26,36H,6,8-22,24,27-32H2,(H,51,68)(H,62,63)(H,64,65)(H,66,67)/b3-1+/t36-/m0/s1. The maximum absolute atomic E-state index is 13.8. The first-order chi connectivity index (χ1) is 33.0. The van der Waals surface area contributed by atoms with Crippen LogP contribution in [0.1, 0.15) is 43.8 Å². The van der Waals surface area contributed by atoms with Gasteiger partial charge in [0.2, 0.25) is 11.8 Å². The molecule has 21 nitrogen and oxygen atoms in total. The molecule has 23 heteroatoms. The SMILES string of the molecule is N#C[C@@H]1CC(F)(F)CN1C(=O)CNC(=O)c1ccncc1/C=C/c1ccc2c(c1)CCN(CCN1CCN(C(=O)CN3CCN(CC(=O)O)CCN(CC(=O)O)CCN(CC(=O)O)CC3)CC1)C2=O. The van der Waals surface area contributed by atoms with Gasteiger partial charge in [0.15, 0.2) is 0 Å². The number of carbonyl (C=O) groups is 7. The van der Waals surface area contributed by atoms with Crippen molar-refractivity contribution in [2.24, 2.45) is 0 Å². The van der Waals surface area contributed by atoms with Gasteiger partial charge in [0.25, 0.3) is 17.7 Å². The van der Waals surface area contributed by atoms with Gasteiger partial charge in [-0.1, -0.05) is 24.3 Å². The predicted molar refractivity (Wildman–Crippen MR) is 244 cm³/mol. The van der Waals surface area contributed by atoms with Gasteiger partial charge in [-0.15, -0.1) is 0 Å². The second kappa shape index (κ2) is 24.2. The highest BCUT2D eigenvalue weighted by atomic mass is 19.3. The molecule has 0 aliphatic carbocycles. The molecule has 0 spiro atoms. The molecule has 0 radical (unpaired) electrons. The molecular weight excluding hydrogens is 905 g/mol. The predicted octanol–water partition coefficient (Wildman–Crippen LogP) is -0.641. The lowest BCUT2D eigenvalue weighted by molar-refractivity contribution is -0.141. The number of hydrogen-bond acceptors (Lipinski definition) is 14. The number of nitriles is 1. The summed E-state index contributed by atoms with van der Waals surface area (Å²) in [6.07, 6.45) is 6.21. The van der Waals surface area contributed by atoms with Crippen molar-refractivity contribution in [3.63, 3.8) is 0 Å². The average molecular weight is 964 g/mol. The van der Waals surface area contributed by atoms with Crippen LogP contribution < -0.4 is 5.32 Å². The molecule has 4 aliphatic rings. The maximum Gasteiger partial charge on any atom is 0.317 e. The van der Waals surface area contributed by atoms with Crippen molar-refractivity contribution in [2.75, 3.05) is 137 Å². The van der Waals surface area contributed by atoms with Crippen LogP contribution in [0.4, 0.5) is 8.78 Å². The van der Waals surface area contributed by atoms with E-state index in [1.54, 1.807) is 50.0 Å². The Morgan fingerprint density at radius 1 is 0.739 bits per heavy atom. The number of amides is 4. The van der Waals surface area contributed by atoms with E-state index in [0.717, 1.165) is 16.0 Å². The minimum atomic E-state index is -3.17. The quantitative estimate of drug-likeness (QED) is 0.163. The third-order valence-electron chi connectivity index (χ3n) is 12.8. The normalized spacial score (nSPS) is 20.4. The lowest BCUT2D eigenvalue weighted by atomic mass is 9.96. The summed E-state index contributed by atoms with van der Waals surface area (Å²) >= 11 is 0. The van der Waals surface area contributed by atoms with Gasteiger partial charge in [-0.05, 0) is 29.7 Å². The van der Waals surface area contributed by atoms with Gasteiger partial charge in [0.1, 0.15) is 6.04 Å². The molecule has 0 unspecified atom stereocenters. The van der Waals surface area contributed by atoms with E-state index in [2.05, 4.69) is 15.2 Å². The van der Waals surface area contributed by atoms with E-state index >= 15 is 0 Å². The van der Waals surface area contributed by atoms with Crippen molar-refractivity contribution in [2.45, 2.75) is 24.8 Å². The van der Waals surface area contributed by atoms with Gasteiger partial charge < -0.3 is 35.3 Å². The average Bonchev–Trinajstić information content (AvgIpc) is 3.64. The lowest BCUT2D eigenvalue weighted by Gasteiger charge is -2.38. The maximum atomic E-state index is 13.8. The van der Waals surface area contributed by atoms with E-state index in [1.165, 1.54) is 18.5 Å². The molecule has 0 bridgehead atoms.